The van der Waals surface area contributed by atoms with Crippen molar-refractivity contribution < 1.29 is 9.84 Å². The molecule has 0 amide bonds. The van der Waals surface area contributed by atoms with Gasteiger partial charge in [-0.05, 0) is 79.4 Å². The van der Waals surface area contributed by atoms with Gasteiger partial charge in [-0.25, -0.2) is 4.98 Å². The van der Waals surface area contributed by atoms with E-state index in [1.165, 1.54) is 38.4 Å². The molecule has 1 saturated heterocycles. The number of hydrogen-bond acceptors (Lipinski definition) is 4. The summed E-state index contributed by atoms with van der Waals surface area (Å²) in [5.74, 6) is 0.995. The summed E-state index contributed by atoms with van der Waals surface area (Å²) in [5, 5.41) is 16.4. The molecule has 1 N–H and O–H groups in total. The van der Waals surface area contributed by atoms with Gasteiger partial charge in [0, 0.05) is 23.4 Å². The number of aliphatic hydroxyl groups is 1. The van der Waals surface area contributed by atoms with Crippen molar-refractivity contribution in [2.75, 3.05) is 13.6 Å². The summed E-state index contributed by atoms with van der Waals surface area (Å²) < 4.78 is 6.89. The summed E-state index contributed by atoms with van der Waals surface area (Å²) in [7, 11) is 2.18. The van der Waals surface area contributed by atoms with Crippen molar-refractivity contribution in [1.82, 2.24) is 9.88 Å². The molecule has 0 saturated carbocycles. The number of aryl methyl sites for hydroxylation is 2. The van der Waals surface area contributed by atoms with E-state index in [4.69, 9.17) is 9.72 Å². The molecule has 34 heavy (non-hydrogen) atoms. The van der Waals surface area contributed by atoms with Gasteiger partial charge in [0.2, 0.25) is 0 Å². The molecular weight excluding hydrogens is 420 g/mol. The number of hydrogen-bond donors (Lipinski definition) is 1. The zero-order valence-electron chi connectivity index (χ0n) is 19.9. The maximum absolute atomic E-state index is 12.8. The molecule has 4 aromatic rings. The van der Waals surface area contributed by atoms with Crippen molar-refractivity contribution in [3.8, 4) is 5.75 Å². The quantitative estimate of drug-likeness (QED) is 0.388. The Kier molecular flexibility index (Phi) is 3.41. The number of nitrogens with zero attached hydrogens (tertiary/aromatic N) is 2. The second kappa shape index (κ2) is 5.99. The normalized spacial score (nSPS) is 30.8. The Labute approximate surface area is 199 Å². The van der Waals surface area contributed by atoms with Gasteiger partial charge in [0.1, 0.15) is 5.75 Å². The second-order valence-corrected chi connectivity index (χ2v) is 11.0. The predicted molar refractivity (Wildman–Crippen MR) is 134 cm³/mol. The van der Waals surface area contributed by atoms with Crippen LogP contribution < -0.4 is 4.74 Å². The maximum Gasteiger partial charge on any atom is 0.153 e. The van der Waals surface area contributed by atoms with Gasteiger partial charge in [0.25, 0.3) is 0 Å². The van der Waals surface area contributed by atoms with Crippen LogP contribution in [0.2, 0.25) is 0 Å². The topological polar surface area (TPSA) is 45.6 Å². The standard InChI is InChI=1S/C30H28N2O2/c1-16-8-9-19-14-23-30(33)15-21-17(2)24-20-7-5-4-6-18(20)10-11-22(24)31-26(21)28-29(30,12-13-32(23)3)25(19)27(16)34-28/h4-11,23,28,33H,12-15H2,1-3H3/t23-,28+,29+,30-/m1/s1. The van der Waals surface area contributed by atoms with Gasteiger partial charge in [0.15, 0.2) is 6.10 Å². The van der Waals surface area contributed by atoms with Gasteiger partial charge in [-0.2, -0.15) is 0 Å². The molecule has 8 rings (SSSR count). The number of benzene rings is 3. The Balaban J connectivity index is 1.49. The first kappa shape index (κ1) is 19.4. The molecule has 1 fully saturated rings. The van der Waals surface area contributed by atoms with Crippen molar-refractivity contribution in [3.05, 3.63) is 82.0 Å². The molecular formula is C30H28N2O2. The van der Waals surface area contributed by atoms with E-state index in [-0.39, 0.29) is 12.1 Å². The molecule has 170 valence electrons. The largest absolute Gasteiger partial charge is 0.482 e. The fourth-order valence-electron chi connectivity index (χ4n) is 8.07. The van der Waals surface area contributed by atoms with Crippen molar-refractivity contribution in [2.24, 2.45) is 0 Å². The van der Waals surface area contributed by atoms with E-state index >= 15 is 0 Å². The highest BCUT2D eigenvalue weighted by atomic mass is 16.5. The van der Waals surface area contributed by atoms with Crippen LogP contribution in [0.1, 0.15) is 46.0 Å². The summed E-state index contributed by atoms with van der Waals surface area (Å²) in [6.45, 7) is 5.32. The van der Waals surface area contributed by atoms with E-state index in [0.717, 1.165) is 41.9 Å². The number of rotatable bonds is 0. The van der Waals surface area contributed by atoms with Gasteiger partial charge in [0.05, 0.1) is 22.2 Å². The first-order valence-corrected chi connectivity index (χ1v) is 12.5. The Hall–Kier alpha value is -2.95. The molecule has 2 aliphatic carbocycles. The van der Waals surface area contributed by atoms with E-state index in [1.54, 1.807) is 0 Å². The molecule has 4 heteroatoms. The number of likely N-dealkylation sites (N-methyl/N-ethyl adjacent to an activating group) is 1. The molecule has 0 radical (unpaired) electrons. The summed E-state index contributed by atoms with van der Waals surface area (Å²) in [5.41, 5.74) is 6.94. The third kappa shape index (κ3) is 1.96. The zero-order valence-corrected chi connectivity index (χ0v) is 19.9. The van der Waals surface area contributed by atoms with Gasteiger partial charge < -0.3 is 14.7 Å². The lowest BCUT2D eigenvalue weighted by Crippen LogP contribution is -2.74. The lowest BCUT2D eigenvalue weighted by Gasteiger charge is -2.62. The molecule has 3 aromatic carbocycles. The van der Waals surface area contributed by atoms with E-state index in [0.29, 0.717) is 6.42 Å². The average Bonchev–Trinajstić information content (AvgIpc) is 3.19. The molecule has 3 heterocycles. The van der Waals surface area contributed by atoms with Crippen molar-refractivity contribution in [2.45, 2.75) is 56.3 Å². The van der Waals surface area contributed by atoms with E-state index in [9.17, 15) is 5.11 Å². The van der Waals surface area contributed by atoms with Crippen LogP contribution >= 0.6 is 0 Å². The average molecular weight is 449 g/mol. The second-order valence-electron chi connectivity index (χ2n) is 11.0. The van der Waals surface area contributed by atoms with Crippen LogP contribution in [-0.4, -0.2) is 40.2 Å². The van der Waals surface area contributed by atoms with Crippen LogP contribution in [0.5, 0.6) is 5.75 Å². The predicted octanol–water partition coefficient (Wildman–Crippen LogP) is 4.92. The monoisotopic (exact) mass is 448 g/mol. The van der Waals surface area contributed by atoms with Crippen LogP contribution in [0.25, 0.3) is 21.7 Å². The SMILES string of the molecule is Cc1ccc2c3c1O[C@H]1c4nc5ccc6ccccc6c5c(C)c4C[C@@]4(O)[C@@H](C2)N(C)CC[C@]314. The number of fused-ring (bicyclic) bond motifs is 5. The number of aromatic nitrogens is 1. The highest BCUT2D eigenvalue weighted by molar-refractivity contribution is 6.08. The third-order valence-corrected chi connectivity index (χ3v) is 9.68. The first-order valence-electron chi connectivity index (χ1n) is 12.5. The fraction of sp³-hybridized carbons (Fsp3) is 0.367. The van der Waals surface area contributed by atoms with E-state index in [1.807, 2.05) is 0 Å². The van der Waals surface area contributed by atoms with Crippen LogP contribution in [0.3, 0.4) is 0 Å². The first-order chi connectivity index (χ1) is 16.4. The zero-order chi connectivity index (χ0) is 23.0. The van der Waals surface area contributed by atoms with Gasteiger partial charge >= 0.3 is 0 Å². The van der Waals surface area contributed by atoms with Crippen LogP contribution in [0.4, 0.5) is 0 Å². The summed E-state index contributed by atoms with van der Waals surface area (Å²) >= 11 is 0. The van der Waals surface area contributed by atoms with Gasteiger partial charge in [-0.15, -0.1) is 0 Å². The third-order valence-electron chi connectivity index (χ3n) is 9.68. The highest BCUT2D eigenvalue weighted by Gasteiger charge is 2.72. The molecule has 1 spiro atoms. The lowest BCUT2D eigenvalue weighted by atomic mass is 9.48. The molecule has 4 aliphatic rings. The molecule has 2 aliphatic heterocycles. The van der Waals surface area contributed by atoms with E-state index < -0.39 is 11.0 Å². The smallest absolute Gasteiger partial charge is 0.153 e. The van der Waals surface area contributed by atoms with Crippen molar-refractivity contribution >= 4 is 21.7 Å². The maximum atomic E-state index is 12.8. The highest BCUT2D eigenvalue weighted by Crippen LogP contribution is 2.67. The molecule has 4 nitrogen and oxygen atoms in total. The molecule has 2 bridgehead atoms. The van der Waals surface area contributed by atoms with Crippen LogP contribution in [-0.2, 0) is 18.3 Å². The minimum Gasteiger partial charge on any atom is -0.482 e. The molecule has 1 aromatic heterocycles. The lowest BCUT2D eigenvalue weighted by molar-refractivity contribution is -0.168. The minimum atomic E-state index is -0.881. The number of piperidine rings is 1. The van der Waals surface area contributed by atoms with Gasteiger partial charge in [-0.3, -0.25) is 0 Å². The Morgan fingerprint density at radius 2 is 1.94 bits per heavy atom. The number of pyridine rings is 1. The molecule has 4 atom stereocenters. The van der Waals surface area contributed by atoms with Crippen LogP contribution in [0.15, 0.2) is 48.5 Å². The molecule has 0 unspecified atom stereocenters. The van der Waals surface area contributed by atoms with Crippen molar-refractivity contribution in [1.29, 1.82) is 0 Å². The summed E-state index contributed by atoms with van der Waals surface area (Å²) in [6.07, 6.45) is 2.14. The van der Waals surface area contributed by atoms with Gasteiger partial charge in [-0.1, -0.05) is 42.5 Å². The summed E-state index contributed by atoms with van der Waals surface area (Å²) in [6, 6.07) is 17.4. The number of ether oxygens (including phenoxy) is 1. The fourth-order valence-corrected chi connectivity index (χ4v) is 8.07. The Bertz CT molecular complexity index is 1580. The summed E-state index contributed by atoms with van der Waals surface area (Å²) in [4.78, 5) is 7.70. The van der Waals surface area contributed by atoms with Crippen molar-refractivity contribution in [3.63, 3.8) is 0 Å². The Morgan fingerprint density at radius 3 is 2.82 bits per heavy atom. The minimum absolute atomic E-state index is 0.0734. The Morgan fingerprint density at radius 1 is 1.09 bits per heavy atom. The van der Waals surface area contributed by atoms with E-state index in [2.05, 4.69) is 74.3 Å². The van der Waals surface area contributed by atoms with Crippen LogP contribution in [0, 0.1) is 13.8 Å². The number of likely N-dealkylation sites (tertiary alicyclic amines) is 1.